The van der Waals surface area contributed by atoms with Gasteiger partial charge in [-0.15, -0.1) is 0 Å². The summed E-state index contributed by atoms with van der Waals surface area (Å²) in [5.74, 6) is 2.24. The van der Waals surface area contributed by atoms with Gasteiger partial charge in [0, 0.05) is 17.1 Å². The van der Waals surface area contributed by atoms with Crippen LogP contribution in [-0.2, 0) is 0 Å². The summed E-state index contributed by atoms with van der Waals surface area (Å²) in [5.41, 5.74) is 4.19. The Labute approximate surface area is 136 Å². The maximum atomic E-state index is 5.35. The number of hydrogen-bond donors (Lipinski definition) is 1. The molecule has 0 atom stereocenters. The standard InChI is InChI=1S/C19H20N2O2/c1-12-5-6-14-10-13(2)19(21-16(14)9-12)20-15-7-8-17(22-3)18(11-15)23-4/h5-11H,1-4H3,(H,20,21). The maximum Gasteiger partial charge on any atom is 0.162 e. The highest BCUT2D eigenvalue weighted by atomic mass is 16.5. The molecule has 0 saturated heterocycles. The minimum Gasteiger partial charge on any atom is -0.493 e. The molecule has 0 fully saturated rings. The number of rotatable bonds is 4. The molecule has 23 heavy (non-hydrogen) atoms. The molecular weight excluding hydrogens is 288 g/mol. The molecule has 3 aromatic rings. The molecule has 1 aromatic heterocycles. The zero-order valence-electron chi connectivity index (χ0n) is 13.8. The minimum atomic E-state index is 0.687. The number of hydrogen-bond acceptors (Lipinski definition) is 4. The lowest BCUT2D eigenvalue weighted by molar-refractivity contribution is 0.355. The molecule has 3 rings (SSSR count). The first-order chi connectivity index (χ1) is 11.1. The van der Waals surface area contributed by atoms with E-state index in [0.717, 1.165) is 28.0 Å². The molecule has 0 amide bonds. The van der Waals surface area contributed by atoms with E-state index in [9.17, 15) is 0 Å². The van der Waals surface area contributed by atoms with Gasteiger partial charge in [0.05, 0.1) is 19.7 Å². The van der Waals surface area contributed by atoms with Crippen LogP contribution in [0.4, 0.5) is 11.5 Å². The van der Waals surface area contributed by atoms with E-state index in [1.54, 1.807) is 14.2 Å². The van der Waals surface area contributed by atoms with E-state index in [4.69, 9.17) is 14.5 Å². The summed E-state index contributed by atoms with van der Waals surface area (Å²) in [4.78, 5) is 4.75. The molecule has 2 aromatic carbocycles. The number of nitrogens with one attached hydrogen (secondary N) is 1. The van der Waals surface area contributed by atoms with E-state index >= 15 is 0 Å². The third-order valence-electron chi connectivity index (χ3n) is 3.81. The van der Waals surface area contributed by atoms with Crippen molar-refractivity contribution in [3.05, 3.63) is 53.6 Å². The molecular formula is C19H20N2O2. The summed E-state index contributed by atoms with van der Waals surface area (Å²) in [6.07, 6.45) is 0. The number of anilines is 2. The smallest absolute Gasteiger partial charge is 0.162 e. The van der Waals surface area contributed by atoms with E-state index in [-0.39, 0.29) is 0 Å². The zero-order valence-corrected chi connectivity index (χ0v) is 13.8. The molecule has 0 bridgehead atoms. The monoisotopic (exact) mass is 308 g/mol. The molecule has 0 saturated carbocycles. The largest absolute Gasteiger partial charge is 0.493 e. The van der Waals surface area contributed by atoms with E-state index in [2.05, 4.69) is 43.4 Å². The van der Waals surface area contributed by atoms with Gasteiger partial charge in [-0.2, -0.15) is 0 Å². The van der Waals surface area contributed by atoms with Gasteiger partial charge in [-0.3, -0.25) is 0 Å². The predicted octanol–water partition coefficient (Wildman–Crippen LogP) is 4.61. The Morgan fingerprint density at radius 2 is 1.65 bits per heavy atom. The van der Waals surface area contributed by atoms with Crippen LogP contribution in [0.1, 0.15) is 11.1 Å². The Morgan fingerprint density at radius 3 is 2.39 bits per heavy atom. The maximum absolute atomic E-state index is 5.35. The summed E-state index contributed by atoms with van der Waals surface area (Å²) in [6.45, 7) is 4.12. The molecule has 0 radical (unpaired) electrons. The zero-order chi connectivity index (χ0) is 16.4. The summed E-state index contributed by atoms with van der Waals surface area (Å²) >= 11 is 0. The highest BCUT2D eigenvalue weighted by Crippen LogP contribution is 2.31. The van der Waals surface area contributed by atoms with Crippen LogP contribution in [0.2, 0.25) is 0 Å². The minimum absolute atomic E-state index is 0.687. The fraction of sp³-hybridized carbons (Fsp3) is 0.211. The molecule has 0 aliphatic carbocycles. The molecule has 1 N–H and O–H groups in total. The van der Waals surface area contributed by atoms with Crippen LogP contribution in [0.5, 0.6) is 11.5 Å². The third kappa shape index (κ3) is 3.06. The van der Waals surface area contributed by atoms with Crippen LogP contribution in [0.3, 0.4) is 0 Å². The molecule has 0 spiro atoms. The Hall–Kier alpha value is -2.75. The number of aromatic nitrogens is 1. The molecule has 0 unspecified atom stereocenters. The van der Waals surface area contributed by atoms with Crippen molar-refractivity contribution in [1.82, 2.24) is 4.98 Å². The number of pyridine rings is 1. The van der Waals surface area contributed by atoms with E-state index in [0.29, 0.717) is 11.5 Å². The lowest BCUT2D eigenvalue weighted by atomic mass is 10.1. The summed E-state index contributed by atoms with van der Waals surface area (Å²) in [5, 5.41) is 4.51. The molecule has 0 aliphatic heterocycles. The van der Waals surface area contributed by atoms with Crippen LogP contribution in [0.15, 0.2) is 42.5 Å². The van der Waals surface area contributed by atoms with Gasteiger partial charge in [-0.05, 0) is 49.2 Å². The first kappa shape index (κ1) is 15.2. The van der Waals surface area contributed by atoms with Crippen LogP contribution < -0.4 is 14.8 Å². The topological polar surface area (TPSA) is 43.4 Å². The fourth-order valence-corrected chi connectivity index (χ4v) is 2.56. The second kappa shape index (κ2) is 6.16. The van der Waals surface area contributed by atoms with E-state index in [1.165, 1.54) is 5.56 Å². The summed E-state index contributed by atoms with van der Waals surface area (Å²) < 4.78 is 10.6. The van der Waals surface area contributed by atoms with Crippen molar-refractivity contribution in [2.45, 2.75) is 13.8 Å². The van der Waals surface area contributed by atoms with Gasteiger partial charge in [-0.25, -0.2) is 4.98 Å². The molecule has 0 aliphatic rings. The lowest BCUT2D eigenvalue weighted by Crippen LogP contribution is -1.98. The van der Waals surface area contributed by atoms with Crippen molar-refractivity contribution in [2.75, 3.05) is 19.5 Å². The number of ether oxygens (including phenoxy) is 2. The second-order valence-corrected chi connectivity index (χ2v) is 5.54. The first-order valence-electron chi connectivity index (χ1n) is 7.48. The van der Waals surface area contributed by atoms with Crippen molar-refractivity contribution in [3.63, 3.8) is 0 Å². The van der Waals surface area contributed by atoms with Crippen LogP contribution in [-0.4, -0.2) is 19.2 Å². The molecule has 1 heterocycles. The van der Waals surface area contributed by atoms with Crippen molar-refractivity contribution in [3.8, 4) is 11.5 Å². The van der Waals surface area contributed by atoms with Crippen LogP contribution in [0, 0.1) is 13.8 Å². The normalized spacial score (nSPS) is 10.6. The van der Waals surface area contributed by atoms with Crippen molar-refractivity contribution >= 4 is 22.4 Å². The van der Waals surface area contributed by atoms with Gasteiger partial charge in [-0.1, -0.05) is 12.1 Å². The van der Waals surface area contributed by atoms with Crippen LogP contribution >= 0.6 is 0 Å². The Morgan fingerprint density at radius 1 is 0.870 bits per heavy atom. The number of fused-ring (bicyclic) bond motifs is 1. The Bertz CT molecular complexity index is 859. The SMILES string of the molecule is COc1ccc(Nc2nc3cc(C)ccc3cc2C)cc1OC. The Kier molecular flexibility index (Phi) is 4.06. The van der Waals surface area contributed by atoms with Crippen molar-refractivity contribution < 1.29 is 9.47 Å². The van der Waals surface area contributed by atoms with Gasteiger partial charge >= 0.3 is 0 Å². The molecule has 118 valence electrons. The van der Waals surface area contributed by atoms with E-state index in [1.807, 2.05) is 18.2 Å². The number of methoxy groups -OCH3 is 2. The van der Waals surface area contributed by atoms with Crippen molar-refractivity contribution in [2.24, 2.45) is 0 Å². The van der Waals surface area contributed by atoms with Gasteiger partial charge in [0.25, 0.3) is 0 Å². The highest BCUT2D eigenvalue weighted by Gasteiger charge is 2.08. The summed E-state index contributed by atoms with van der Waals surface area (Å²) in [7, 11) is 3.26. The average Bonchev–Trinajstić information content (AvgIpc) is 2.55. The van der Waals surface area contributed by atoms with E-state index < -0.39 is 0 Å². The van der Waals surface area contributed by atoms with Gasteiger partial charge in [0.1, 0.15) is 5.82 Å². The molecule has 4 heteroatoms. The van der Waals surface area contributed by atoms with Gasteiger partial charge in [0.15, 0.2) is 11.5 Å². The second-order valence-electron chi connectivity index (χ2n) is 5.54. The fourth-order valence-electron chi connectivity index (χ4n) is 2.56. The van der Waals surface area contributed by atoms with Crippen LogP contribution in [0.25, 0.3) is 10.9 Å². The Balaban J connectivity index is 1.99. The first-order valence-corrected chi connectivity index (χ1v) is 7.48. The average molecular weight is 308 g/mol. The lowest BCUT2D eigenvalue weighted by Gasteiger charge is -2.13. The molecule has 4 nitrogen and oxygen atoms in total. The quantitative estimate of drug-likeness (QED) is 0.764. The number of nitrogens with zero attached hydrogens (tertiary/aromatic N) is 1. The number of aryl methyl sites for hydroxylation is 2. The number of benzene rings is 2. The summed E-state index contributed by atoms with van der Waals surface area (Å²) in [6, 6.07) is 14.2. The predicted molar refractivity (Wildman–Crippen MR) is 94.0 cm³/mol. The van der Waals surface area contributed by atoms with Crippen molar-refractivity contribution in [1.29, 1.82) is 0 Å². The van der Waals surface area contributed by atoms with Gasteiger partial charge in [0.2, 0.25) is 0 Å². The highest BCUT2D eigenvalue weighted by molar-refractivity contribution is 5.83. The third-order valence-corrected chi connectivity index (χ3v) is 3.81. The van der Waals surface area contributed by atoms with Gasteiger partial charge < -0.3 is 14.8 Å².